The molecule has 0 aliphatic rings. The highest BCUT2D eigenvalue weighted by Crippen LogP contribution is 2.25. The number of aromatic nitrogens is 1. The van der Waals surface area contributed by atoms with Crippen LogP contribution in [0.2, 0.25) is 0 Å². The minimum absolute atomic E-state index is 0.155. The maximum absolute atomic E-state index is 12.3. The Balaban J connectivity index is 1.49. The van der Waals surface area contributed by atoms with Crippen molar-refractivity contribution in [3.63, 3.8) is 0 Å². The highest BCUT2D eigenvalue weighted by Gasteiger charge is 2.11. The number of methoxy groups -OCH3 is 1. The number of carbonyl (C=O) groups is 2. The number of carbonyl (C=O) groups excluding carboxylic acids is 2. The fourth-order valence-electron chi connectivity index (χ4n) is 2.71. The molecule has 2 aromatic carbocycles. The van der Waals surface area contributed by atoms with Crippen LogP contribution in [-0.4, -0.2) is 30.5 Å². The van der Waals surface area contributed by atoms with Gasteiger partial charge in [-0.1, -0.05) is 6.07 Å². The van der Waals surface area contributed by atoms with Crippen molar-refractivity contribution >= 4 is 28.8 Å². The van der Waals surface area contributed by atoms with E-state index in [0.29, 0.717) is 29.4 Å². The number of hydrogen-bond donors (Lipinski definition) is 2. The third-order valence-electron chi connectivity index (χ3n) is 4.21. The van der Waals surface area contributed by atoms with Crippen LogP contribution in [0, 0.1) is 13.8 Å². The number of nitrogens with zero attached hydrogens (tertiary/aromatic N) is 1. The van der Waals surface area contributed by atoms with Gasteiger partial charge in [-0.3, -0.25) is 9.59 Å². The summed E-state index contributed by atoms with van der Waals surface area (Å²) in [6.45, 7) is 4.08. The van der Waals surface area contributed by atoms with Crippen LogP contribution in [0.5, 0.6) is 11.5 Å². The molecule has 0 aliphatic heterocycles. The van der Waals surface area contributed by atoms with Gasteiger partial charge in [0, 0.05) is 10.9 Å². The molecule has 7 nitrogen and oxygen atoms in total. The van der Waals surface area contributed by atoms with Crippen LogP contribution in [0.4, 0.5) is 5.69 Å². The van der Waals surface area contributed by atoms with Gasteiger partial charge in [-0.05, 0) is 55.8 Å². The standard InChI is InChI=1S/C22H23N3O4S/c1-14-4-9-20(28-3)19(10-14)25-21(26)11-23-22(27)16-5-7-18(8-6-16)29-12-17-13-30-15(2)24-17/h4-10,13H,11-12H2,1-3H3,(H,23,27)(H,25,26). The molecule has 1 heterocycles. The van der Waals surface area contributed by atoms with Gasteiger partial charge in [-0.15, -0.1) is 11.3 Å². The van der Waals surface area contributed by atoms with E-state index in [1.165, 1.54) is 7.11 Å². The maximum Gasteiger partial charge on any atom is 0.251 e. The second-order valence-electron chi connectivity index (χ2n) is 6.61. The van der Waals surface area contributed by atoms with Crippen molar-refractivity contribution in [2.45, 2.75) is 20.5 Å². The number of aryl methyl sites for hydroxylation is 2. The molecule has 0 radical (unpaired) electrons. The molecule has 0 saturated heterocycles. The lowest BCUT2D eigenvalue weighted by Crippen LogP contribution is -2.32. The largest absolute Gasteiger partial charge is 0.495 e. The summed E-state index contributed by atoms with van der Waals surface area (Å²) in [5.74, 6) is 0.513. The topological polar surface area (TPSA) is 89.6 Å². The number of ether oxygens (including phenoxy) is 2. The average Bonchev–Trinajstić information content (AvgIpc) is 3.16. The molecular weight excluding hydrogens is 402 g/mol. The molecule has 2 N–H and O–H groups in total. The van der Waals surface area contributed by atoms with Crippen LogP contribution < -0.4 is 20.1 Å². The molecule has 1 aromatic heterocycles. The lowest BCUT2D eigenvalue weighted by molar-refractivity contribution is -0.115. The van der Waals surface area contributed by atoms with Gasteiger partial charge in [-0.2, -0.15) is 0 Å². The van der Waals surface area contributed by atoms with E-state index in [-0.39, 0.29) is 18.4 Å². The van der Waals surface area contributed by atoms with Crippen LogP contribution in [-0.2, 0) is 11.4 Å². The molecule has 0 spiro atoms. The van der Waals surface area contributed by atoms with Crippen molar-refractivity contribution < 1.29 is 19.1 Å². The molecule has 3 rings (SSSR count). The monoisotopic (exact) mass is 425 g/mol. The number of thiazole rings is 1. The minimum Gasteiger partial charge on any atom is -0.495 e. The van der Waals surface area contributed by atoms with Crippen LogP contribution in [0.25, 0.3) is 0 Å². The Morgan fingerprint density at radius 3 is 2.53 bits per heavy atom. The molecule has 0 bridgehead atoms. The van der Waals surface area contributed by atoms with Crippen LogP contribution in [0.1, 0.15) is 26.6 Å². The molecule has 0 saturated carbocycles. The third-order valence-corrected chi connectivity index (χ3v) is 5.03. The van der Waals surface area contributed by atoms with E-state index in [4.69, 9.17) is 9.47 Å². The highest BCUT2D eigenvalue weighted by atomic mass is 32.1. The SMILES string of the molecule is COc1ccc(C)cc1NC(=O)CNC(=O)c1ccc(OCc2csc(C)n2)cc1. The van der Waals surface area contributed by atoms with Gasteiger partial charge in [0.1, 0.15) is 18.1 Å². The molecule has 2 amide bonds. The van der Waals surface area contributed by atoms with Crippen LogP contribution >= 0.6 is 11.3 Å². The number of benzene rings is 2. The zero-order chi connectivity index (χ0) is 21.5. The molecule has 0 atom stereocenters. The Kier molecular flexibility index (Phi) is 7.03. The average molecular weight is 426 g/mol. The summed E-state index contributed by atoms with van der Waals surface area (Å²) in [7, 11) is 1.54. The molecule has 156 valence electrons. The van der Waals surface area contributed by atoms with Crippen molar-refractivity contribution in [2.75, 3.05) is 19.0 Å². The number of anilines is 1. The van der Waals surface area contributed by atoms with Crippen molar-refractivity contribution in [1.82, 2.24) is 10.3 Å². The Morgan fingerprint density at radius 1 is 1.10 bits per heavy atom. The van der Waals surface area contributed by atoms with Crippen molar-refractivity contribution in [3.05, 3.63) is 69.7 Å². The molecule has 30 heavy (non-hydrogen) atoms. The number of hydrogen-bond acceptors (Lipinski definition) is 6. The van der Waals surface area contributed by atoms with E-state index in [1.807, 2.05) is 31.4 Å². The van der Waals surface area contributed by atoms with Gasteiger partial charge in [-0.25, -0.2) is 4.98 Å². The predicted octanol–water partition coefficient (Wildman–Crippen LogP) is 3.72. The molecule has 8 heteroatoms. The first-order valence-electron chi connectivity index (χ1n) is 9.31. The Hall–Kier alpha value is -3.39. The Labute approximate surface area is 179 Å². The van der Waals surface area contributed by atoms with E-state index < -0.39 is 0 Å². The number of rotatable bonds is 8. The molecular formula is C22H23N3O4S. The molecule has 0 fully saturated rings. The fourth-order valence-corrected chi connectivity index (χ4v) is 3.31. The van der Waals surface area contributed by atoms with Crippen molar-refractivity contribution in [3.8, 4) is 11.5 Å². The second-order valence-corrected chi connectivity index (χ2v) is 7.67. The van der Waals surface area contributed by atoms with Gasteiger partial charge < -0.3 is 20.1 Å². The van der Waals surface area contributed by atoms with Gasteiger partial charge in [0.05, 0.1) is 30.0 Å². The zero-order valence-corrected chi connectivity index (χ0v) is 17.8. The number of nitrogens with one attached hydrogen (secondary N) is 2. The Bertz CT molecular complexity index is 1030. The normalized spacial score (nSPS) is 10.4. The summed E-state index contributed by atoms with van der Waals surface area (Å²) < 4.78 is 10.9. The van der Waals surface area contributed by atoms with Crippen molar-refractivity contribution in [1.29, 1.82) is 0 Å². The number of amides is 2. The third kappa shape index (κ3) is 5.81. The summed E-state index contributed by atoms with van der Waals surface area (Å²) in [6, 6.07) is 12.2. The van der Waals surface area contributed by atoms with E-state index in [2.05, 4.69) is 15.6 Å². The summed E-state index contributed by atoms with van der Waals surface area (Å²) in [4.78, 5) is 28.8. The van der Waals surface area contributed by atoms with Crippen LogP contribution in [0.3, 0.4) is 0 Å². The van der Waals surface area contributed by atoms with Gasteiger partial charge in [0.2, 0.25) is 5.91 Å². The molecule has 0 aliphatic carbocycles. The maximum atomic E-state index is 12.3. The van der Waals surface area contributed by atoms with E-state index in [1.54, 1.807) is 41.7 Å². The first kappa shape index (κ1) is 21.3. The smallest absolute Gasteiger partial charge is 0.251 e. The quantitative estimate of drug-likeness (QED) is 0.574. The zero-order valence-electron chi connectivity index (χ0n) is 17.0. The highest BCUT2D eigenvalue weighted by molar-refractivity contribution is 7.09. The van der Waals surface area contributed by atoms with E-state index >= 15 is 0 Å². The summed E-state index contributed by atoms with van der Waals surface area (Å²) >= 11 is 1.57. The van der Waals surface area contributed by atoms with E-state index in [9.17, 15) is 9.59 Å². The van der Waals surface area contributed by atoms with Gasteiger partial charge >= 0.3 is 0 Å². The lowest BCUT2D eigenvalue weighted by Gasteiger charge is -2.11. The fraction of sp³-hybridized carbons (Fsp3) is 0.227. The first-order chi connectivity index (χ1) is 14.4. The van der Waals surface area contributed by atoms with Crippen LogP contribution in [0.15, 0.2) is 47.8 Å². The summed E-state index contributed by atoms with van der Waals surface area (Å²) in [5.41, 5.74) is 2.86. The molecule has 3 aromatic rings. The lowest BCUT2D eigenvalue weighted by atomic mass is 10.2. The first-order valence-corrected chi connectivity index (χ1v) is 10.2. The summed E-state index contributed by atoms with van der Waals surface area (Å²) in [5, 5.41) is 8.30. The second kappa shape index (κ2) is 9.89. The minimum atomic E-state index is -0.344. The van der Waals surface area contributed by atoms with E-state index in [0.717, 1.165) is 16.3 Å². The Morgan fingerprint density at radius 2 is 1.87 bits per heavy atom. The van der Waals surface area contributed by atoms with Gasteiger partial charge in [0.25, 0.3) is 5.91 Å². The summed E-state index contributed by atoms with van der Waals surface area (Å²) in [6.07, 6.45) is 0. The predicted molar refractivity (Wildman–Crippen MR) is 116 cm³/mol. The molecule has 0 unspecified atom stereocenters. The van der Waals surface area contributed by atoms with Gasteiger partial charge in [0.15, 0.2) is 0 Å². The van der Waals surface area contributed by atoms with Crippen molar-refractivity contribution in [2.24, 2.45) is 0 Å².